The molecule has 5 heteroatoms. The summed E-state index contributed by atoms with van der Waals surface area (Å²) < 4.78 is 10.8. The second-order valence-corrected chi connectivity index (χ2v) is 5.54. The lowest BCUT2D eigenvalue weighted by atomic mass is 9.77. The maximum atomic E-state index is 12.5. The smallest absolute Gasteiger partial charge is 0.312 e. The van der Waals surface area contributed by atoms with Gasteiger partial charge in [-0.25, -0.2) is 0 Å². The van der Waals surface area contributed by atoms with Crippen molar-refractivity contribution in [3.63, 3.8) is 0 Å². The number of carbonyl (C=O) groups is 2. The van der Waals surface area contributed by atoms with E-state index in [-0.39, 0.29) is 18.0 Å². The third-order valence-corrected chi connectivity index (χ3v) is 4.43. The van der Waals surface area contributed by atoms with Crippen LogP contribution >= 0.6 is 0 Å². The van der Waals surface area contributed by atoms with Gasteiger partial charge in [0.1, 0.15) is 11.5 Å². The Morgan fingerprint density at radius 3 is 3.11 bits per heavy atom. The van der Waals surface area contributed by atoms with Gasteiger partial charge in [-0.3, -0.25) is 9.59 Å². The summed E-state index contributed by atoms with van der Waals surface area (Å²) in [7, 11) is 1.36. The Kier molecular flexibility index (Phi) is 2.89. The summed E-state index contributed by atoms with van der Waals surface area (Å²) in [6.45, 7) is 3.40. The van der Waals surface area contributed by atoms with Gasteiger partial charge in [-0.05, 0) is 6.42 Å². The molecule has 0 aromatic rings. The van der Waals surface area contributed by atoms with E-state index in [1.165, 1.54) is 7.11 Å². The molecule has 104 valence electrons. The summed E-state index contributed by atoms with van der Waals surface area (Å²) in [5.41, 5.74) is -0.589. The monoisotopic (exact) mass is 265 g/mol. The van der Waals surface area contributed by atoms with Crippen LogP contribution in [0.2, 0.25) is 0 Å². The molecule has 0 radical (unpaired) electrons. The first-order chi connectivity index (χ1) is 9.13. The fourth-order valence-corrected chi connectivity index (χ4v) is 3.52. The molecule has 3 heterocycles. The SMILES string of the molecule is CCCCN1C[C@@]23C=C[C@@H](O2)[C@@H](C(=O)OC)[C@H]3C1=O. The predicted octanol–water partition coefficient (Wildman–Crippen LogP) is 0.741. The molecule has 2 saturated heterocycles. The number of unbranched alkanes of at least 4 members (excludes halogenated alkanes) is 1. The Morgan fingerprint density at radius 1 is 1.63 bits per heavy atom. The second-order valence-electron chi connectivity index (χ2n) is 5.54. The molecule has 3 aliphatic rings. The lowest BCUT2D eigenvalue weighted by molar-refractivity contribution is -0.151. The summed E-state index contributed by atoms with van der Waals surface area (Å²) in [5, 5.41) is 0. The van der Waals surface area contributed by atoms with Crippen molar-refractivity contribution in [1.82, 2.24) is 4.90 Å². The number of nitrogens with zero attached hydrogens (tertiary/aromatic N) is 1. The molecule has 1 amide bonds. The van der Waals surface area contributed by atoms with Crippen molar-refractivity contribution in [3.05, 3.63) is 12.2 Å². The molecular weight excluding hydrogens is 246 g/mol. The zero-order valence-corrected chi connectivity index (χ0v) is 11.3. The van der Waals surface area contributed by atoms with E-state index in [1.807, 2.05) is 17.1 Å². The molecule has 0 N–H and O–H groups in total. The number of carbonyl (C=O) groups excluding carboxylic acids is 2. The van der Waals surface area contributed by atoms with Crippen LogP contribution in [0.3, 0.4) is 0 Å². The van der Waals surface area contributed by atoms with Gasteiger partial charge in [0.25, 0.3) is 0 Å². The molecule has 2 fully saturated rings. The van der Waals surface area contributed by atoms with Crippen molar-refractivity contribution in [2.45, 2.75) is 31.5 Å². The van der Waals surface area contributed by atoms with E-state index < -0.39 is 17.4 Å². The average Bonchev–Trinajstić information content (AvgIpc) is 3.04. The normalized spacial score (nSPS) is 38.9. The first kappa shape index (κ1) is 12.7. The van der Waals surface area contributed by atoms with Gasteiger partial charge in [0.2, 0.25) is 5.91 Å². The van der Waals surface area contributed by atoms with Crippen molar-refractivity contribution in [2.75, 3.05) is 20.2 Å². The standard InChI is InChI=1S/C14H19NO4/c1-3-4-7-15-8-14-6-5-9(19-14)10(13(17)18-2)11(14)12(15)16/h5-6,9-11H,3-4,7-8H2,1-2H3/t9-,10-,11+,14-/m1/s1. The summed E-state index contributed by atoms with van der Waals surface area (Å²) >= 11 is 0. The summed E-state index contributed by atoms with van der Waals surface area (Å²) in [5.74, 6) is -1.18. The Hall–Kier alpha value is -1.36. The van der Waals surface area contributed by atoms with Crippen LogP contribution in [0.4, 0.5) is 0 Å². The fraction of sp³-hybridized carbons (Fsp3) is 0.714. The van der Waals surface area contributed by atoms with Gasteiger partial charge in [0.05, 0.1) is 25.7 Å². The van der Waals surface area contributed by atoms with E-state index in [2.05, 4.69) is 6.92 Å². The minimum absolute atomic E-state index is 0.0377. The molecule has 0 aromatic heterocycles. The lowest BCUT2D eigenvalue weighted by Crippen LogP contribution is -2.39. The first-order valence-electron chi connectivity index (χ1n) is 6.87. The Balaban J connectivity index is 1.86. The van der Waals surface area contributed by atoms with Gasteiger partial charge in [-0.1, -0.05) is 25.5 Å². The summed E-state index contributed by atoms with van der Waals surface area (Å²) in [6, 6.07) is 0. The number of methoxy groups -OCH3 is 1. The van der Waals surface area contributed by atoms with Gasteiger partial charge in [-0.15, -0.1) is 0 Å². The molecule has 1 spiro atoms. The molecule has 19 heavy (non-hydrogen) atoms. The van der Waals surface area contributed by atoms with Crippen LogP contribution in [0.15, 0.2) is 12.2 Å². The van der Waals surface area contributed by atoms with E-state index in [4.69, 9.17) is 9.47 Å². The second kappa shape index (κ2) is 4.34. The van der Waals surface area contributed by atoms with E-state index in [0.717, 1.165) is 19.4 Å². The van der Waals surface area contributed by atoms with Crippen LogP contribution in [-0.2, 0) is 19.1 Å². The van der Waals surface area contributed by atoms with Crippen LogP contribution in [0.25, 0.3) is 0 Å². The fourth-order valence-electron chi connectivity index (χ4n) is 3.52. The van der Waals surface area contributed by atoms with Gasteiger partial charge in [0, 0.05) is 6.54 Å². The summed E-state index contributed by atoms with van der Waals surface area (Å²) in [6.07, 6.45) is 5.58. The third kappa shape index (κ3) is 1.64. The highest BCUT2D eigenvalue weighted by molar-refractivity contribution is 5.91. The molecule has 4 atom stereocenters. The van der Waals surface area contributed by atoms with E-state index in [0.29, 0.717) is 6.54 Å². The highest BCUT2D eigenvalue weighted by Gasteiger charge is 2.67. The third-order valence-electron chi connectivity index (χ3n) is 4.43. The van der Waals surface area contributed by atoms with Crippen LogP contribution in [0.1, 0.15) is 19.8 Å². The van der Waals surface area contributed by atoms with Crippen molar-refractivity contribution in [3.8, 4) is 0 Å². The molecule has 3 aliphatic heterocycles. The van der Waals surface area contributed by atoms with Crippen LogP contribution in [0, 0.1) is 11.8 Å². The molecule has 0 aromatic carbocycles. The molecule has 0 saturated carbocycles. The van der Waals surface area contributed by atoms with E-state index in [9.17, 15) is 9.59 Å². The first-order valence-corrected chi connectivity index (χ1v) is 6.87. The number of amides is 1. The largest absolute Gasteiger partial charge is 0.469 e. The van der Waals surface area contributed by atoms with E-state index in [1.54, 1.807) is 0 Å². The van der Waals surface area contributed by atoms with Crippen LogP contribution in [-0.4, -0.2) is 48.7 Å². The molecule has 0 aliphatic carbocycles. The zero-order chi connectivity index (χ0) is 13.6. The number of ether oxygens (including phenoxy) is 2. The topological polar surface area (TPSA) is 55.8 Å². The van der Waals surface area contributed by atoms with Gasteiger partial charge < -0.3 is 14.4 Å². The highest BCUT2D eigenvalue weighted by atomic mass is 16.5. The predicted molar refractivity (Wildman–Crippen MR) is 67.2 cm³/mol. The Morgan fingerprint density at radius 2 is 2.42 bits per heavy atom. The molecule has 0 unspecified atom stereocenters. The van der Waals surface area contributed by atoms with Crippen molar-refractivity contribution >= 4 is 11.9 Å². The van der Waals surface area contributed by atoms with Crippen molar-refractivity contribution in [2.24, 2.45) is 11.8 Å². The average molecular weight is 265 g/mol. The van der Waals surface area contributed by atoms with Crippen molar-refractivity contribution in [1.29, 1.82) is 0 Å². The van der Waals surface area contributed by atoms with Crippen molar-refractivity contribution < 1.29 is 19.1 Å². The quantitative estimate of drug-likeness (QED) is 0.556. The molecular formula is C14H19NO4. The molecule has 3 rings (SSSR count). The van der Waals surface area contributed by atoms with Crippen LogP contribution in [0.5, 0.6) is 0 Å². The number of hydrogen-bond acceptors (Lipinski definition) is 4. The minimum atomic E-state index is -0.589. The highest BCUT2D eigenvalue weighted by Crippen LogP contribution is 2.52. The minimum Gasteiger partial charge on any atom is -0.469 e. The number of likely N-dealkylation sites (tertiary alicyclic amines) is 1. The number of esters is 1. The zero-order valence-electron chi connectivity index (χ0n) is 11.3. The number of hydrogen-bond donors (Lipinski definition) is 0. The van der Waals surface area contributed by atoms with Gasteiger partial charge in [0.15, 0.2) is 0 Å². The maximum absolute atomic E-state index is 12.5. The van der Waals surface area contributed by atoms with E-state index >= 15 is 0 Å². The Bertz CT molecular complexity index is 447. The molecule has 5 nitrogen and oxygen atoms in total. The number of fused-ring (bicyclic) bond motifs is 1. The van der Waals surface area contributed by atoms with Crippen LogP contribution < -0.4 is 0 Å². The molecule has 2 bridgehead atoms. The summed E-state index contributed by atoms with van der Waals surface area (Å²) in [4.78, 5) is 26.2. The lowest BCUT2D eigenvalue weighted by Gasteiger charge is -2.22. The number of rotatable bonds is 4. The maximum Gasteiger partial charge on any atom is 0.312 e. The van der Waals surface area contributed by atoms with Gasteiger partial charge >= 0.3 is 5.97 Å². The van der Waals surface area contributed by atoms with Gasteiger partial charge in [-0.2, -0.15) is 0 Å². The Labute approximate surface area is 112 Å².